The van der Waals surface area contributed by atoms with E-state index in [1.165, 1.54) is 6.20 Å². The number of anilines is 1. The van der Waals surface area contributed by atoms with Crippen LogP contribution in [0, 0.1) is 0 Å². The summed E-state index contributed by atoms with van der Waals surface area (Å²) in [6.07, 6.45) is 1.48. The fourth-order valence-electron chi connectivity index (χ4n) is 1.10. The Morgan fingerprint density at radius 2 is 1.89 bits per heavy atom. The molecule has 10 heteroatoms. The molecule has 0 fully saturated rings. The van der Waals surface area contributed by atoms with Gasteiger partial charge in [0.15, 0.2) is 10.7 Å². The van der Waals surface area contributed by atoms with Gasteiger partial charge in [-0.15, -0.1) is 0 Å². The van der Waals surface area contributed by atoms with Crippen LogP contribution >= 0.6 is 27.3 Å². The zero-order valence-corrected chi connectivity index (χ0v) is 10.9. The minimum Gasteiger partial charge on any atom is -0.492 e. The summed E-state index contributed by atoms with van der Waals surface area (Å²) in [7, 11) is 0. The smallest absolute Gasteiger partial charge is 0.320 e. The molecule has 18 heavy (non-hydrogen) atoms. The Bertz CT molecular complexity index is 594. The third-order valence-corrected chi connectivity index (χ3v) is 3.18. The van der Waals surface area contributed by atoms with Gasteiger partial charge in [0, 0.05) is 0 Å². The molecule has 0 atom stereocenters. The van der Waals surface area contributed by atoms with Gasteiger partial charge >= 0.3 is 6.01 Å². The second-order valence-electron chi connectivity index (χ2n) is 2.97. The van der Waals surface area contributed by atoms with Crippen molar-refractivity contribution in [1.82, 2.24) is 15.0 Å². The van der Waals surface area contributed by atoms with Crippen molar-refractivity contribution in [2.45, 2.75) is 0 Å². The molecule has 4 N–H and O–H groups in total. The van der Waals surface area contributed by atoms with Gasteiger partial charge in [-0.3, -0.25) is 10.1 Å². The van der Waals surface area contributed by atoms with Crippen LogP contribution in [0.2, 0.25) is 0 Å². The molecule has 0 bridgehead atoms. The molecule has 0 unspecified atom stereocenters. The molecule has 2 rings (SSSR count). The molecule has 0 saturated carbocycles. The van der Waals surface area contributed by atoms with E-state index in [1.54, 1.807) is 0 Å². The van der Waals surface area contributed by atoms with Crippen LogP contribution < -0.4 is 5.32 Å². The van der Waals surface area contributed by atoms with E-state index in [9.17, 15) is 15.0 Å². The van der Waals surface area contributed by atoms with Crippen molar-refractivity contribution in [2.75, 3.05) is 5.32 Å². The number of carbonyl (C=O) groups excluding carboxylic acids is 1. The Labute approximate surface area is 112 Å². The van der Waals surface area contributed by atoms with E-state index in [4.69, 9.17) is 5.11 Å². The number of carbonyl (C=O) groups is 1. The predicted molar refractivity (Wildman–Crippen MR) is 64.8 cm³/mol. The van der Waals surface area contributed by atoms with Crippen LogP contribution in [0.4, 0.5) is 5.13 Å². The molecule has 2 heterocycles. The van der Waals surface area contributed by atoms with Crippen molar-refractivity contribution in [1.29, 1.82) is 0 Å². The molecule has 2 aromatic heterocycles. The summed E-state index contributed by atoms with van der Waals surface area (Å²) in [5, 5.41) is 30.2. The number of rotatable bonds is 2. The molecule has 0 spiro atoms. The first-order valence-corrected chi connectivity index (χ1v) is 6.00. The Balaban J connectivity index is 2.29. The van der Waals surface area contributed by atoms with Gasteiger partial charge in [0.05, 0.1) is 9.98 Å². The van der Waals surface area contributed by atoms with Crippen molar-refractivity contribution >= 4 is 38.3 Å². The standard InChI is InChI=1S/C8H5BrN4O4S/c9-2-1-10-8(18-2)13-6(16)3-4(14)11-7(17)12-5(3)15/h1H,(H,10,13,16)(H3,11,12,14,15,17). The van der Waals surface area contributed by atoms with Gasteiger partial charge in [-0.2, -0.15) is 9.97 Å². The number of thiazole rings is 1. The maximum atomic E-state index is 11.7. The van der Waals surface area contributed by atoms with Crippen LogP contribution in [-0.2, 0) is 0 Å². The summed E-state index contributed by atoms with van der Waals surface area (Å²) in [4.78, 5) is 21.9. The van der Waals surface area contributed by atoms with Crippen LogP contribution in [0.1, 0.15) is 10.4 Å². The van der Waals surface area contributed by atoms with E-state index in [0.717, 1.165) is 11.3 Å². The first-order valence-electron chi connectivity index (χ1n) is 4.39. The van der Waals surface area contributed by atoms with Crippen LogP contribution in [0.25, 0.3) is 0 Å². The highest BCUT2D eigenvalue weighted by atomic mass is 79.9. The second kappa shape index (κ2) is 4.74. The Morgan fingerprint density at radius 3 is 2.39 bits per heavy atom. The average molecular weight is 333 g/mol. The molecule has 2 aromatic rings. The van der Waals surface area contributed by atoms with Crippen molar-refractivity contribution in [3.63, 3.8) is 0 Å². The molecule has 0 aromatic carbocycles. The van der Waals surface area contributed by atoms with Crippen LogP contribution in [0.3, 0.4) is 0 Å². The largest absolute Gasteiger partial charge is 0.492 e. The highest BCUT2D eigenvalue weighted by Gasteiger charge is 2.21. The first-order chi connectivity index (χ1) is 8.47. The summed E-state index contributed by atoms with van der Waals surface area (Å²) < 4.78 is 0.702. The maximum Gasteiger partial charge on any atom is 0.320 e. The number of halogens is 1. The van der Waals surface area contributed by atoms with Crippen molar-refractivity contribution in [3.05, 3.63) is 15.5 Å². The number of nitrogens with one attached hydrogen (secondary N) is 1. The van der Waals surface area contributed by atoms with Crippen molar-refractivity contribution < 1.29 is 20.1 Å². The number of aromatic hydroxyl groups is 3. The van der Waals surface area contributed by atoms with Crippen LogP contribution in [-0.4, -0.2) is 36.2 Å². The molecule has 0 aliphatic heterocycles. The quantitative estimate of drug-likeness (QED) is 0.647. The predicted octanol–water partition coefficient (Wildman–Crippen LogP) is 1.06. The molecule has 0 saturated heterocycles. The third-order valence-electron chi connectivity index (χ3n) is 1.78. The van der Waals surface area contributed by atoms with E-state index in [0.29, 0.717) is 3.79 Å². The molecule has 0 aliphatic rings. The summed E-state index contributed by atoms with van der Waals surface area (Å²) in [6, 6.07) is -0.835. The highest BCUT2D eigenvalue weighted by molar-refractivity contribution is 9.11. The summed E-state index contributed by atoms with van der Waals surface area (Å²) in [6.45, 7) is 0. The monoisotopic (exact) mass is 332 g/mol. The summed E-state index contributed by atoms with van der Waals surface area (Å²) in [5.41, 5.74) is -0.542. The number of hydrogen-bond acceptors (Lipinski definition) is 8. The molecule has 94 valence electrons. The molecule has 0 aliphatic carbocycles. The van der Waals surface area contributed by atoms with E-state index < -0.39 is 29.2 Å². The van der Waals surface area contributed by atoms with E-state index in [2.05, 4.69) is 36.2 Å². The van der Waals surface area contributed by atoms with Gasteiger partial charge < -0.3 is 15.3 Å². The lowest BCUT2D eigenvalue weighted by Crippen LogP contribution is -2.13. The number of amides is 1. The fourth-order valence-corrected chi connectivity index (χ4v) is 2.20. The normalized spacial score (nSPS) is 10.3. The number of hydrogen-bond donors (Lipinski definition) is 4. The van der Waals surface area contributed by atoms with E-state index >= 15 is 0 Å². The Morgan fingerprint density at radius 1 is 1.28 bits per heavy atom. The topological polar surface area (TPSA) is 128 Å². The van der Waals surface area contributed by atoms with E-state index in [-0.39, 0.29) is 5.13 Å². The zero-order valence-electron chi connectivity index (χ0n) is 8.46. The fraction of sp³-hybridized carbons (Fsp3) is 0. The third kappa shape index (κ3) is 2.49. The van der Waals surface area contributed by atoms with Gasteiger partial charge in [-0.1, -0.05) is 11.3 Å². The Hall–Kier alpha value is -1.94. The lowest BCUT2D eigenvalue weighted by Gasteiger charge is -2.04. The lowest BCUT2D eigenvalue weighted by atomic mass is 10.3. The maximum absolute atomic E-state index is 11.7. The number of aromatic nitrogens is 3. The highest BCUT2D eigenvalue weighted by Crippen LogP contribution is 2.28. The Kier molecular flexibility index (Phi) is 3.30. The van der Waals surface area contributed by atoms with Crippen LogP contribution in [0.5, 0.6) is 17.8 Å². The summed E-state index contributed by atoms with van der Waals surface area (Å²) in [5.74, 6) is -2.49. The van der Waals surface area contributed by atoms with Gasteiger partial charge in [0.1, 0.15) is 0 Å². The molecular weight excluding hydrogens is 328 g/mol. The van der Waals surface area contributed by atoms with Crippen LogP contribution in [0.15, 0.2) is 9.98 Å². The minimum atomic E-state index is -0.841. The molecule has 8 nitrogen and oxygen atoms in total. The zero-order chi connectivity index (χ0) is 13.3. The van der Waals surface area contributed by atoms with E-state index in [1.807, 2.05) is 0 Å². The second-order valence-corrected chi connectivity index (χ2v) is 5.38. The van der Waals surface area contributed by atoms with Gasteiger partial charge in [-0.25, -0.2) is 4.98 Å². The van der Waals surface area contributed by atoms with Crippen molar-refractivity contribution in [3.8, 4) is 17.8 Å². The molecule has 0 radical (unpaired) electrons. The first kappa shape index (κ1) is 12.5. The SMILES string of the molecule is O=C(Nc1ncc(Br)s1)c1c(O)nc(O)nc1O. The summed E-state index contributed by atoms with van der Waals surface area (Å²) >= 11 is 4.31. The minimum absolute atomic E-state index is 0.263. The van der Waals surface area contributed by atoms with Crippen molar-refractivity contribution in [2.24, 2.45) is 0 Å². The lowest BCUT2D eigenvalue weighted by molar-refractivity contribution is 0.102. The van der Waals surface area contributed by atoms with Gasteiger partial charge in [0.25, 0.3) is 5.91 Å². The molecule has 1 amide bonds. The number of nitrogens with zero attached hydrogens (tertiary/aromatic N) is 3. The average Bonchev–Trinajstić information content (AvgIpc) is 2.62. The van der Waals surface area contributed by atoms with Gasteiger partial charge in [-0.05, 0) is 15.9 Å². The van der Waals surface area contributed by atoms with Gasteiger partial charge in [0.2, 0.25) is 11.8 Å². The molecular formula is C8H5BrN4O4S.